The highest BCUT2D eigenvalue weighted by molar-refractivity contribution is 6.34. The van der Waals surface area contributed by atoms with Crippen LogP contribution in [0.5, 0.6) is 0 Å². The predicted octanol–water partition coefficient (Wildman–Crippen LogP) is 1.93. The van der Waals surface area contributed by atoms with Crippen molar-refractivity contribution in [1.29, 1.82) is 0 Å². The molecule has 2 amide bonds. The zero-order chi connectivity index (χ0) is 14.0. The highest BCUT2D eigenvalue weighted by atomic mass is 35.5. The molecule has 1 fully saturated rings. The van der Waals surface area contributed by atoms with E-state index in [2.05, 4.69) is 5.32 Å². The van der Waals surface area contributed by atoms with Crippen molar-refractivity contribution in [3.63, 3.8) is 0 Å². The maximum atomic E-state index is 12.0. The fourth-order valence-electron chi connectivity index (χ4n) is 2.29. The van der Waals surface area contributed by atoms with Gasteiger partial charge in [-0.2, -0.15) is 0 Å². The van der Waals surface area contributed by atoms with E-state index in [1.54, 1.807) is 6.07 Å². The number of rotatable bonds is 3. The summed E-state index contributed by atoms with van der Waals surface area (Å²) in [5.41, 5.74) is 11.7. The predicted molar refractivity (Wildman–Crippen MR) is 81.2 cm³/mol. The van der Waals surface area contributed by atoms with Gasteiger partial charge < -0.3 is 16.8 Å². The number of hydrogen-bond donors (Lipinski definition) is 3. The normalized spacial score (nSPS) is 21.1. The molecule has 110 valence electrons. The minimum absolute atomic E-state index is 0. The van der Waals surface area contributed by atoms with E-state index in [4.69, 9.17) is 23.1 Å². The van der Waals surface area contributed by atoms with Crippen molar-refractivity contribution >= 4 is 41.5 Å². The molecule has 0 saturated heterocycles. The number of nitrogens with one attached hydrogen (secondary N) is 1. The molecule has 1 aliphatic rings. The third-order valence-corrected chi connectivity index (χ3v) is 3.67. The van der Waals surface area contributed by atoms with Gasteiger partial charge in [0.05, 0.1) is 10.6 Å². The van der Waals surface area contributed by atoms with Crippen molar-refractivity contribution in [2.75, 3.05) is 5.32 Å². The molecule has 1 saturated carbocycles. The summed E-state index contributed by atoms with van der Waals surface area (Å²) in [5.74, 6) is -0.766. The maximum Gasteiger partial charge on any atom is 0.250 e. The van der Waals surface area contributed by atoms with Crippen LogP contribution in [0, 0.1) is 5.92 Å². The van der Waals surface area contributed by atoms with Gasteiger partial charge in [0.1, 0.15) is 0 Å². The maximum absolute atomic E-state index is 12.0. The Morgan fingerprint density at radius 2 is 2.00 bits per heavy atom. The topological polar surface area (TPSA) is 98.2 Å². The molecule has 0 heterocycles. The Hall–Kier alpha value is -1.30. The zero-order valence-electron chi connectivity index (χ0n) is 10.8. The average Bonchev–Trinajstić information content (AvgIpc) is 2.78. The third-order valence-electron chi connectivity index (χ3n) is 3.34. The van der Waals surface area contributed by atoms with Crippen molar-refractivity contribution < 1.29 is 9.59 Å². The van der Waals surface area contributed by atoms with Crippen LogP contribution in [0.25, 0.3) is 0 Å². The minimum Gasteiger partial charge on any atom is -0.366 e. The lowest BCUT2D eigenvalue weighted by molar-refractivity contribution is -0.119. The molecule has 5 N–H and O–H groups in total. The summed E-state index contributed by atoms with van der Waals surface area (Å²) in [6.07, 6.45) is 2.36. The lowest BCUT2D eigenvalue weighted by atomic mass is 10.1. The van der Waals surface area contributed by atoms with Gasteiger partial charge in [-0.3, -0.25) is 9.59 Å². The van der Waals surface area contributed by atoms with E-state index in [0.717, 1.165) is 12.8 Å². The molecule has 2 atom stereocenters. The first kappa shape index (κ1) is 16.8. The van der Waals surface area contributed by atoms with Crippen molar-refractivity contribution in [3.05, 3.63) is 28.8 Å². The molecule has 1 aromatic carbocycles. The van der Waals surface area contributed by atoms with E-state index in [9.17, 15) is 9.59 Å². The van der Waals surface area contributed by atoms with E-state index >= 15 is 0 Å². The van der Waals surface area contributed by atoms with Crippen LogP contribution in [0.2, 0.25) is 5.02 Å². The second-order valence-corrected chi connectivity index (χ2v) is 5.23. The highest BCUT2D eigenvalue weighted by Crippen LogP contribution is 2.26. The minimum atomic E-state index is -0.621. The Bertz CT molecular complexity index is 522. The van der Waals surface area contributed by atoms with Gasteiger partial charge in [-0.15, -0.1) is 12.4 Å². The molecule has 2 rings (SSSR count). The number of amides is 2. The number of anilines is 1. The van der Waals surface area contributed by atoms with Crippen LogP contribution >= 0.6 is 24.0 Å². The quantitative estimate of drug-likeness (QED) is 0.794. The summed E-state index contributed by atoms with van der Waals surface area (Å²) < 4.78 is 0. The van der Waals surface area contributed by atoms with E-state index in [1.165, 1.54) is 12.1 Å². The van der Waals surface area contributed by atoms with Crippen LogP contribution in [-0.4, -0.2) is 17.9 Å². The van der Waals surface area contributed by atoms with Crippen LogP contribution in [0.4, 0.5) is 5.69 Å². The molecule has 20 heavy (non-hydrogen) atoms. The Morgan fingerprint density at radius 1 is 1.30 bits per heavy atom. The number of carbonyl (C=O) groups is 2. The summed E-state index contributed by atoms with van der Waals surface area (Å²) in [4.78, 5) is 23.2. The smallest absolute Gasteiger partial charge is 0.250 e. The van der Waals surface area contributed by atoms with Gasteiger partial charge in [0, 0.05) is 17.6 Å². The molecule has 0 bridgehead atoms. The Balaban J connectivity index is 0.00000200. The van der Waals surface area contributed by atoms with Gasteiger partial charge in [-0.05, 0) is 37.5 Å². The van der Waals surface area contributed by atoms with Gasteiger partial charge in [-0.1, -0.05) is 11.6 Å². The Morgan fingerprint density at radius 3 is 2.55 bits per heavy atom. The fourth-order valence-corrected chi connectivity index (χ4v) is 2.50. The third kappa shape index (κ3) is 3.85. The first-order valence-corrected chi connectivity index (χ1v) is 6.51. The number of carbonyl (C=O) groups excluding carboxylic acids is 2. The molecule has 0 aromatic heterocycles. The molecule has 7 heteroatoms. The SMILES string of the molecule is Cl.NC(=O)c1cc(NC(=O)C2CCC(N)C2)ccc1Cl. The van der Waals surface area contributed by atoms with E-state index in [0.29, 0.717) is 12.1 Å². The Kier molecular flexibility index (Phi) is 5.80. The monoisotopic (exact) mass is 317 g/mol. The number of benzene rings is 1. The van der Waals surface area contributed by atoms with E-state index < -0.39 is 5.91 Å². The van der Waals surface area contributed by atoms with Crippen molar-refractivity contribution in [3.8, 4) is 0 Å². The summed E-state index contributed by atoms with van der Waals surface area (Å²) in [7, 11) is 0. The fraction of sp³-hybridized carbons (Fsp3) is 0.385. The lowest BCUT2D eigenvalue weighted by Crippen LogP contribution is -2.23. The van der Waals surface area contributed by atoms with Crippen LogP contribution in [0.3, 0.4) is 0 Å². The Labute approximate surface area is 128 Å². The van der Waals surface area contributed by atoms with Gasteiger partial charge in [0.25, 0.3) is 0 Å². The molecule has 1 aliphatic carbocycles. The second-order valence-electron chi connectivity index (χ2n) is 4.82. The number of hydrogen-bond acceptors (Lipinski definition) is 3. The standard InChI is InChI=1S/C13H16ClN3O2.ClH/c14-11-4-3-9(6-10(11)12(16)18)17-13(19)7-1-2-8(15)5-7;/h3-4,6-8H,1-2,5,15H2,(H2,16,18)(H,17,19);1H. The molecular weight excluding hydrogens is 301 g/mol. The highest BCUT2D eigenvalue weighted by Gasteiger charge is 2.27. The molecule has 0 spiro atoms. The summed E-state index contributed by atoms with van der Waals surface area (Å²) in [5, 5.41) is 3.04. The summed E-state index contributed by atoms with van der Waals surface area (Å²) in [6.45, 7) is 0. The van der Waals surface area contributed by atoms with Crippen LogP contribution < -0.4 is 16.8 Å². The first-order valence-electron chi connectivity index (χ1n) is 6.13. The van der Waals surface area contributed by atoms with Gasteiger partial charge in [0.2, 0.25) is 11.8 Å². The van der Waals surface area contributed by atoms with Crippen molar-refractivity contribution in [2.45, 2.75) is 25.3 Å². The van der Waals surface area contributed by atoms with Crippen molar-refractivity contribution in [1.82, 2.24) is 0 Å². The van der Waals surface area contributed by atoms with Crippen LogP contribution in [0.1, 0.15) is 29.6 Å². The van der Waals surface area contributed by atoms with E-state index in [1.807, 2.05) is 0 Å². The van der Waals surface area contributed by atoms with Gasteiger partial charge in [0.15, 0.2) is 0 Å². The summed E-state index contributed by atoms with van der Waals surface area (Å²) in [6, 6.07) is 4.76. The number of halogens is 2. The lowest BCUT2D eigenvalue weighted by Gasteiger charge is -2.11. The second kappa shape index (κ2) is 6.92. The van der Waals surface area contributed by atoms with Crippen LogP contribution in [0.15, 0.2) is 18.2 Å². The largest absolute Gasteiger partial charge is 0.366 e. The molecule has 5 nitrogen and oxygen atoms in total. The number of primary amides is 1. The van der Waals surface area contributed by atoms with E-state index in [-0.39, 0.29) is 40.9 Å². The summed E-state index contributed by atoms with van der Waals surface area (Å²) >= 11 is 5.84. The molecular formula is C13H17Cl2N3O2. The zero-order valence-corrected chi connectivity index (χ0v) is 12.3. The number of nitrogens with two attached hydrogens (primary N) is 2. The average molecular weight is 318 g/mol. The van der Waals surface area contributed by atoms with Gasteiger partial charge >= 0.3 is 0 Å². The molecule has 1 aromatic rings. The van der Waals surface area contributed by atoms with Crippen LogP contribution in [-0.2, 0) is 4.79 Å². The van der Waals surface area contributed by atoms with Crippen molar-refractivity contribution in [2.24, 2.45) is 17.4 Å². The first-order chi connectivity index (χ1) is 8.97. The molecule has 0 aliphatic heterocycles. The molecule has 0 radical (unpaired) electrons. The molecule has 2 unspecified atom stereocenters. The van der Waals surface area contributed by atoms with Gasteiger partial charge in [-0.25, -0.2) is 0 Å².